The maximum atomic E-state index is 12.9. The summed E-state index contributed by atoms with van der Waals surface area (Å²) in [6.45, 7) is 15.2. The molecule has 0 saturated heterocycles. The topological polar surface area (TPSA) is 417 Å². The number of hydrogen-bond donors (Lipinski definition) is 2. The Hall–Kier alpha value is -7.24. The molecule has 0 saturated carbocycles. The van der Waals surface area contributed by atoms with E-state index in [2.05, 4.69) is 0 Å². The third kappa shape index (κ3) is 77.2. The number of ether oxygens (including phenoxy) is 4. The van der Waals surface area contributed by atoms with Crippen LogP contribution in [0.3, 0.4) is 0 Å². The Kier molecular flexibility index (Phi) is 87.7. The normalized spacial score (nSPS) is 11.5. The Morgan fingerprint density at radius 3 is 0.444 bits per heavy atom. The minimum absolute atomic E-state index is 0.166. The Morgan fingerprint density at radius 2 is 0.306 bits per heavy atom. The van der Waals surface area contributed by atoms with E-state index in [0.717, 1.165) is 220 Å². The maximum absolute atomic E-state index is 12.9. The number of carbonyl (C=O) groups excluding carboxylic acids is 3. The van der Waals surface area contributed by atoms with Crippen molar-refractivity contribution < 1.29 is 185 Å². The fourth-order valence-electron chi connectivity index (χ4n) is 12.1. The molecule has 42 heteroatoms. The first-order valence-electron chi connectivity index (χ1n) is 51.6. The van der Waals surface area contributed by atoms with Crippen LogP contribution in [0.5, 0.6) is 0 Å². The summed E-state index contributed by atoms with van der Waals surface area (Å²) in [5.41, 5.74) is 6.80. The van der Waals surface area contributed by atoms with E-state index >= 15 is 0 Å². The lowest BCUT2D eigenvalue weighted by Gasteiger charge is -2.18. The van der Waals surface area contributed by atoms with Crippen molar-refractivity contribution in [1.29, 1.82) is 0 Å². The second-order valence-corrected chi connectivity index (χ2v) is 33.3. The van der Waals surface area contributed by atoms with Crippen molar-refractivity contribution in [3.05, 3.63) is 119 Å². The van der Waals surface area contributed by atoms with Gasteiger partial charge >= 0.3 is 24.4 Å². The molecule has 0 fully saturated rings. The van der Waals surface area contributed by atoms with Gasteiger partial charge in [-0.1, -0.05) is 48.5 Å². The second-order valence-electron chi connectivity index (χ2n) is 33.3. The van der Waals surface area contributed by atoms with Crippen LogP contribution >= 0.6 is 0 Å². The summed E-state index contributed by atoms with van der Waals surface area (Å²) in [7, 11) is 6.47. The second kappa shape index (κ2) is 97.8. The molecule has 0 aliphatic carbocycles. The molecule has 2 N–H and O–H groups in total. The van der Waals surface area contributed by atoms with Gasteiger partial charge in [-0.05, 0) is 302 Å². The van der Waals surface area contributed by atoms with E-state index in [1.807, 2.05) is 84.9 Å². The van der Waals surface area contributed by atoms with Crippen LogP contribution in [0, 0.1) is 0 Å². The number of rotatable bonds is 106. The quantitative estimate of drug-likeness (QED) is 0.0179. The van der Waals surface area contributed by atoms with Crippen molar-refractivity contribution in [3.8, 4) is 0 Å². The predicted molar refractivity (Wildman–Crippen MR) is 529 cm³/mol. The van der Waals surface area contributed by atoms with Gasteiger partial charge in [-0.3, -0.25) is 19.6 Å². The molecule has 4 aromatic rings. The van der Waals surface area contributed by atoms with Gasteiger partial charge in [0.1, 0.15) is 0 Å². The van der Waals surface area contributed by atoms with Gasteiger partial charge in [0.05, 0.1) is 205 Å². The zero-order valence-electron chi connectivity index (χ0n) is 86.1. The molecule has 0 atom stereocenters. The van der Waals surface area contributed by atoms with Crippen molar-refractivity contribution in [3.63, 3.8) is 0 Å². The number of amides is 4. The highest BCUT2D eigenvalue weighted by Crippen LogP contribution is 2.24. The van der Waals surface area contributed by atoms with Crippen molar-refractivity contribution in [2.24, 2.45) is 0 Å². The lowest BCUT2D eigenvalue weighted by molar-refractivity contribution is -0.312. The smallest absolute Gasteiger partial charge is 0.414 e. The molecule has 826 valence electrons. The molecule has 0 bridgehead atoms. The van der Waals surface area contributed by atoms with Gasteiger partial charge in [0.25, 0.3) is 0 Å². The molecule has 42 nitrogen and oxygen atoms in total. The number of aliphatic hydroxyl groups excluding tert-OH is 1. The fourth-order valence-corrected chi connectivity index (χ4v) is 12.1. The van der Waals surface area contributed by atoms with E-state index in [9.17, 15) is 24.3 Å². The first kappa shape index (κ1) is 129. The summed E-state index contributed by atoms with van der Waals surface area (Å²) >= 11 is 0. The number of benzene rings is 4. The van der Waals surface area contributed by atoms with Gasteiger partial charge in [-0.25, -0.2) is 156 Å². The van der Waals surface area contributed by atoms with Crippen molar-refractivity contribution in [1.82, 2.24) is 0 Å². The van der Waals surface area contributed by atoms with Crippen LogP contribution in [0.2, 0.25) is 0 Å². The Balaban J connectivity index is 0.732. The predicted octanol–water partition coefficient (Wildman–Crippen LogP) is 18.9. The van der Waals surface area contributed by atoms with Crippen molar-refractivity contribution in [2.75, 3.05) is 272 Å². The largest absolute Gasteiger partial charge is 0.465 e. The number of carboxylic acid groups (broad SMARTS) is 1. The highest BCUT2D eigenvalue weighted by Gasteiger charge is 2.18. The van der Waals surface area contributed by atoms with Crippen LogP contribution in [-0.4, -0.2) is 287 Å². The Labute approximate surface area is 851 Å². The SMILES string of the molecule is CN(C(=O)O)c1ccc(Cc2ccc(N(C)C(=O)OCCCCOC(=O)N(C)c3ccc(Cc4ccc(N(C)C(=O)OCCCCOCCCCOOCCCCOOCCCCOOCCCCOOCCCCOOCCCCOOCCCCOOCCCCOOCCCCOOCCCCOOCCCCOOCCCCOOCCCCOOCCCCOOCCCCO)cc4)cc3)cc2)cc1. The van der Waals surface area contributed by atoms with Gasteiger partial charge < -0.3 is 29.2 Å². The maximum Gasteiger partial charge on any atom is 0.414 e. The highest BCUT2D eigenvalue weighted by atomic mass is 17.2. The van der Waals surface area contributed by atoms with E-state index in [0.29, 0.717) is 259 Å². The molecule has 0 heterocycles. The van der Waals surface area contributed by atoms with Crippen LogP contribution in [0.4, 0.5) is 41.9 Å². The number of carbonyl (C=O) groups is 4. The summed E-state index contributed by atoms with van der Waals surface area (Å²) in [5, 5.41) is 17.9. The fraction of sp³-hybridized carbons (Fsp3) is 0.725. The van der Waals surface area contributed by atoms with Gasteiger partial charge in [0.2, 0.25) is 0 Å². The minimum atomic E-state index is -1.03. The van der Waals surface area contributed by atoms with Crippen molar-refractivity contribution >= 4 is 47.1 Å². The van der Waals surface area contributed by atoms with E-state index in [1.54, 1.807) is 33.3 Å². The number of aliphatic hydroxyl groups is 1. The monoisotopic (exact) mass is 2060 g/mol. The summed E-state index contributed by atoms with van der Waals surface area (Å²) in [6.07, 6.45) is 24.8. The van der Waals surface area contributed by atoms with Gasteiger partial charge in [0, 0.05) is 70.8 Å². The molecule has 0 aliphatic rings. The van der Waals surface area contributed by atoms with Crippen LogP contribution in [-0.2, 0) is 169 Å². The van der Waals surface area contributed by atoms with Crippen LogP contribution in [0.15, 0.2) is 97.1 Å². The zero-order chi connectivity index (χ0) is 103. The van der Waals surface area contributed by atoms with Gasteiger partial charge in [0.15, 0.2) is 0 Å². The number of unbranched alkanes of at least 4 members (excludes halogenated alkanes) is 17. The molecule has 144 heavy (non-hydrogen) atoms. The van der Waals surface area contributed by atoms with E-state index < -0.39 is 24.4 Å². The van der Waals surface area contributed by atoms with Gasteiger partial charge in [-0.2, -0.15) is 0 Å². The summed E-state index contributed by atoms with van der Waals surface area (Å²) in [5.74, 6) is 0. The van der Waals surface area contributed by atoms with Crippen LogP contribution in [0.1, 0.15) is 241 Å². The first-order valence-corrected chi connectivity index (χ1v) is 51.6. The average Bonchev–Trinajstić information content (AvgIpc) is 0.852. The summed E-state index contributed by atoms with van der Waals surface area (Å²) in [4.78, 5) is 201. The lowest BCUT2D eigenvalue weighted by atomic mass is 10.0. The standard InChI is InChI=1S/C102H170N4O38/c1-103(99(108)109)95-47-39-91(40-48-95)89-92-41-49-97(50-42-92)105(3)101(111)115-59-10-11-60-116-102(112)106(4)98-53-45-94(46-54-98)90-93-43-51-96(52-44-93)104(2)100(110)114-58-9-7-56-113-57-8-12-62-118-120-64-15-16-66-122-124-68-19-20-70-126-128-72-23-24-74-130-132-76-27-28-78-134-136-80-31-32-82-138-140-84-35-36-86-142-144-88-38-37-87-143-141-85-34-33-83-139-137-81-30-29-79-135-133-77-26-25-75-131-129-73-22-21-71-127-125-69-18-17-67-123-121-65-14-13-63-119-117-61-6-5-55-107/h39-54,107H,5-38,55-90H2,1-4H3,(H,108,109). The number of nitrogens with zero attached hydrogens (tertiary/aromatic N) is 4. The molecule has 0 aliphatic heterocycles. The molecule has 0 aromatic heterocycles. The summed E-state index contributed by atoms with van der Waals surface area (Å²) in [6, 6.07) is 30.2. The van der Waals surface area contributed by atoms with E-state index in [4.69, 9.17) is 161 Å². The minimum Gasteiger partial charge on any atom is -0.465 e. The van der Waals surface area contributed by atoms with E-state index in [1.165, 1.54) is 21.7 Å². The molecule has 4 rings (SSSR count). The lowest BCUT2D eigenvalue weighted by Crippen LogP contribution is -2.28. The molecular formula is C102H170N4O38. The molecule has 4 aromatic carbocycles. The Morgan fingerprint density at radius 1 is 0.181 bits per heavy atom. The molecule has 0 unspecified atom stereocenters. The van der Waals surface area contributed by atoms with Crippen molar-refractivity contribution in [2.45, 2.75) is 231 Å². The van der Waals surface area contributed by atoms with Crippen LogP contribution < -0.4 is 19.6 Å². The zero-order valence-corrected chi connectivity index (χ0v) is 86.1. The third-order valence-corrected chi connectivity index (χ3v) is 20.9. The number of hydrogen-bond acceptors (Lipinski definition) is 37. The Bertz CT molecular complexity index is 3510. The molecule has 0 spiro atoms. The summed E-state index contributed by atoms with van der Waals surface area (Å²) < 4.78 is 22.2. The molecule has 4 amide bonds. The number of anilines is 4. The molecule has 0 radical (unpaired) electrons. The molecular weight excluding hydrogens is 1890 g/mol. The average molecular weight is 2060 g/mol. The van der Waals surface area contributed by atoms with E-state index in [-0.39, 0.29) is 26.4 Å². The van der Waals surface area contributed by atoms with Crippen LogP contribution in [0.25, 0.3) is 0 Å². The highest BCUT2D eigenvalue weighted by molar-refractivity contribution is 5.88. The first-order chi connectivity index (χ1) is 71.0. The van der Waals surface area contributed by atoms with Gasteiger partial charge in [-0.15, -0.1) is 0 Å². The third-order valence-electron chi connectivity index (χ3n) is 20.9.